The monoisotopic (exact) mass is 317 g/mol. The Morgan fingerprint density at radius 3 is 2.68 bits per heavy atom. The smallest absolute Gasteiger partial charge is 0.129 e. The Hall–Kier alpha value is -1.48. The van der Waals surface area contributed by atoms with Crippen LogP contribution in [0.15, 0.2) is 42.5 Å². The quantitative estimate of drug-likeness (QED) is 0.526. The molecule has 1 heterocycles. The second-order valence-electron chi connectivity index (χ2n) is 4.59. The molecule has 2 aromatic carbocycles. The van der Waals surface area contributed by atoms with Gasteiger partial charge in [-0.15, -0.1) is 0 Å². The highest BCUT2D eigenvalue weighted by molar-refractivity contribution is 9.09. The molecule has 1 N–H and O–H groups in total. The van der Waals surface area contributed by atoms with E-state index >= 15 is 0 Å². The molecule has 1 aromatic heterocycles. The summed E-state index contributed by atoms with van der Waals surface area (Å²) in [5, 5.41) is 3.46. The van der Waals surface area contributed by atoms with Gasteiger partial charge in [0.15, 0.2) is 0 Å². The number of hydrogen-bond donors (Lipinski definition) is 1. The first-order valence-corrected chi connectivity index (χ1v) is 7.70. The highest BCUT2D eigenvalue weighted by atomic mass is 79.9. The molecule has 0 saturated heterocycles. The fourth-order valence-electron chi connectivity index (χ4n) is 2.37. The highest BCUT2D eigenvalue weighted by Crippen LogP contribution is 2.32. The number of nitrogens with one attached hydrogen (secondary N) is 1. The molecule has 0 saturated carbocycles. The molecule has 3 rings (SSSR count). The summed E-state index contributed by atoms with van der Waals surface area (Å²) in [6, 6.07) is 14.5. The number of aromatic nitrogens is 1. The van der Waals surface area contributed by atoms with E-state index in [-0.39, 0.29) is 0 Å². The van der Waals surface area contributed by atoms with Crippen molar-refractivity contribution in [2.45, 2.75) is 12.8 Å². The molecule has 0 aliphatic heterocycles. The van der Waals surface area contributed by atoms with Crippen molar-refractivity contribution in [1.29, 1.82) is 0 Å². The Kier molecular flexibility index (Phi) is 3.74. The van der Waals surface area contributed by atoms with Crippen molar-refractivity contribution in [3.63, 3.8) is 0 Å². The van der Waals surface area contributed by atoms with Crippen molar-refractivity contribution < 1.29 is 4.74 Å². The molecule has 19 heavy (non-hydrogen) atoms. The molecule has 0 radical (unpaired) electrons. The number of unbranched alkanes of at least 4 members (excludes halogenated alkanes) is 1. The van der Waals surface area contributed by atoms with Crippen molar-refractivity contribution in [2.75, 3.05) is 11.9 Å². The first-order chi connectivity index (χ1) is 9.40. The fraction of sp³-hybridized carbons (Fsp3) is 0.250. The number of ether oxygens (including phenoxy) is 1. The van der Waals surface area contributed by atoms with Gasteiger partial charge in [-0.2, -0.15) is 0 Å². The lowest BCUT2D eigenvalue weighted by Crippen LogP contribution is -1.97. The molecule has 98 valence electrons. The standard InChI is InChI=1S/C16H16BrNO/c17-10-3-4-11-19-15-9-5-8-14-16(15)12-6-1-2-7-13(12)18-14/h1-2,5-9,18H,3-4,10-11H2. The normalized spacial score (nSPS) is 11.2. The molecule has 0 unspecified atom stereocenters. The second kappa shape index (κ2) is 5.66. The zero-order chi connectivity index (χ0) is 13.1. The van der Waals surface area contributed by atoms with Gasteiger partial charge in [-0.25, -0.2) is 0 Å². The summed E-state index contributed by atoms with van der Waals surface area (Å²) in [4.78, 5) is 3.43. The Labute approximate surface area is 120 Å². The molecule has 0 bridgehead atoms. The largest absolute Gasteiger partial charge is 0.493 e. The van der Waals surface area contributed by atoms with Gasteiger partial charge < -0.3 is 9.72 Å². The molecule has 2 nitrogen and oxygen atoms in total. The lowest BCUT2D eigenvalue weighted by molar-refractivity contribution is 0.314. The third kappa shape index (κ3) is 2.47. The Morgan fingerprint density at radius 2 is 1.79 bits per heavy atom. The van der Waals surface area contributed by atoms with Crippen LogP contribution in [0, 0.1) is 0 Å². The molecule has 3 aromatic rings. The van der Waals surface area contributed by atoms with Crippen LogP contribution in [0.4, 0.5) is 0 Å². The van der Waals surface area contributed by atoms with E-state index in [1.54, 1.807) is 0 Å². The van der Waals surface area contributed by atoms with Crippen molar-refractivity contribution in [1.82, 2.24) is 4.98 Å². The van der Waals surface area contributed by atoms with Gasteiger partial charge in [0.25, 0.3) is 0 Å². The van der Waals surface area contributed by atoms with Gasteiger partial charge in [-0.05, 0) is 31.0 Å². The minimum Gasteiger partial charge on any atom is -0.493 e. The van der Waals surface area contributed by atoms with Gasteiger partial charge in [0.2, 0.25) is 0 Å². The van der Waals surface area contributed by atoms with E-state index in [4.69, 9.17) is 4.74 Å². The van der Waals surface area contributed by atoms with E-state index in [1.165, 1.54) is 10.8 Å². The summed E-state index contributed by atoms with van der Waals surface area (Å²) in [6.45, 7) is 0.768. The molecule has 0 aliphatic rings. The number of aromatic amines is 1. The zero-order valence-electron chi connectivity index (χ0n) is 10.7. The molecular weight excluding hydrogens is 302 g/mol. The van der Waals surface area contributed by atoms with Gasteiger partial charge in [-0.1, -0.05) is 40.2 Å². The van der Waals surface area contributed by atoms with Gasteiger partial charge in [0.05, 0.1) is 12.1 Å². The minimum atomic E-state index is 0.768. The Bertz CT molecular complexity index is 689. The third-order valence-electron chi connectivity index (χ3n) is 3.28. The maximum atomic E-state index is 5.95. The number of halogens is 1. The molecule has 0 fully saturated rings. The summed E-state index contributed by atoms with van der Waals surface area (Å²) < 4.78 is 5.95. The Balaban J connectivity index is 1.99. The molecule has 0 spiro atoms. The van der Waals surface area contributed by atoms with Crippen molar-refractivity contribution >= 4 is 37.7 Å². The summed E-state index contributed by atoms with van der Waals surface area (Å²) in [6.07, 6.45) is 2.22. The fourth-order valence-corrected chi connectivity index (χ4v) is 2.76. The van der Waals surface area contributed by atoms with E-state index in [0.717, 1.165) is 41.6 Å². The summed E-state index contributed by atoms with van der Waals surface area (Å²) >= 11 is 3.44. The van der Waals surface area contributed by atoms with Crippen LogP contribution in [0.5, 0.6) is 5.75 Å². The van der Waals surface area contributed by atoms with E-state index < -0.39 is 0 Å². The average Bonchev–Trinajstić information content (AvgIpc) is 2.83. The second-order valence-corrected chi connectivity index (χ2v) is 5.39. The SMILES string of the molecule is BrCCCCOc1cccc2[nH]c3ccccc3c12. The van der Waals surface area contributed by atoms with Crippen LogP contribution in [-0.4, -0.2) is 16.9 Å². The maximum Gasteiger partial charge on any atom is 0.129 e. The number of fused-ring (bicyclic) bond motifs is 3. The first-order valence-electron chi connectivity index (χ1n) is 6.58. The third-order valence-corrected chi connectivity index (χ3v) is 3.84. The Morgan fingerprint density at radius 1 is 0.947 bits per heavy atom. The predicted molar refractivity (Wildman–Crippen MR) is 84.3 cm³/mol. The zero-order valence-corrected chi connectivity index (χ0v) is 12.2. The number of alkyl halides is 1. The van der Waals surface area contributed by atoms with Crippen LogP contribution in [-0.2, 0) is 0 Å². The topological polar surface area (TPSA) is 25.0 Å². The number of benzene rings is 2. The first kappa shape index (κ1) is 12.5. The van der Waals surface area contributed by atoms with Gasteiger partial charge in [0.1, 0.15) is 5.75 Å². The van der Waals surface area contributed by atoms with Crippen molar-refractivity contribution in [2.24, 2.45) is 0 Å². The van der Waals surface area contributed by atoms with Crippen LogP contribution in [0.2, 0.25) is 0 Å². The minimum absolute atomic E-state index is 0.768. The van der Waals surface area contributed by atoms with Crippen LogP contribution < -0.4 is 4.74 Å². The van der Waals surface area contributed by atoms with Gasteiger partial charge >= 0.3 is 0 Å². The maximum absolute atomic E-state index is 5.95. The number of rotatable bonds is 5. The van der Waals surface area contributed by atoms with Crippen LogP contribution in [0.1, 0.15) is 12.8 Å². The van der Waals surface area contributed by atoms with E-state index in [0.29, 0.717) is 0 Å². The molecule has 0 amide bonds. The van der Waals surface area contributed by atoms with Gasteiger partial charge in [0, 0.05) is 21.6 Å². The predicted octanol–water partition coefficient (Wildman–Crippen LogP) is 4.88. The van der Waals surface area contributed by atoms with Crippen molar-refractivity contribution in [3.8, 4) is 5.75 Å². The molecule has 0 atom stereocenters. The van der Waals surface area contributed by atoms with Crippen LogP contribution in [0.25, 0.3) is 21.8 Å². The lowest BCUT2D eigenvalue weighted by Gasteiger charge is -2.07. The average molecular weight is 318 g/mol. The van der Waals surface area contributed by atoms with E-state index in [2.05, 4.69) is 51.2 Å². The number of H-pyrrole nitrogens is 1. The lowest BCUT2D eigenvalue weighted by atomic mass is 10.1. The molecule has 0 aliphatic carbocycles. The van der Waals surface area contributed by atoms with Crippen LogP contribution >= 0.6 is 15.9 Å². The highest BCUT2D eigenvalue weighted by Gasteiger charge is 2.08. The van der Waals surface area contributed by atoms with E-state index in [9.17, 15) is 0 Å². The summed E-state index contributed by atoms with van der Waals surface area (Å²) in [5.41, 5.74) is 2.30. The molecule has 3 heteroatoms. The van der Waals surface area contributed by atoms with Crippen LogP contribution in [0.3, 0.4) is 0 Å². The van der Waals surface area contributed by atoms with Crippen molar-refractivity contribution in [3.05, 3.63) is 42.5 Å². The number of hydrogen-bond acceptors (Lipinski definition) is 1. The summed E-state index contributed by atoms with van der Waals surface area (Å²) in [7, 11) is 0. The number of para-hydroxylation sites is 1. The molecular formula is C16H16BrNO. The van der Waals surface area contributed by atoms with E-state index in [1.807, 2.05) is 12.1 Å². The summed E-state index contributed by atoms with van der Waals surface area (Å²) in [5.74, 6) is 0.976. The van der Waals surface area contributed by atoms with Gasteiger partial charge in [-0.3, -0.25) is 0 Å².